The lowest BCUT2D eigenvalue weighted by atomic mass is 10.1. The maximum atomic E-state index is 5.39. The summed E-state index contributed by atoms with van der Waals surface area (Å²) < 4.78 is 2.78. The minimum atomic E-state index is 0.265. The minimum absolute atomic E-state index is 0.265. The molecule has 0 spiro atoms. The maximum absolute atomic E-state index is 5.39. The summed E-state index contributed by atoms with van der Waals surface area (Å²) in [5.41, 5.74) is 1.31. The van der Waals surface area contributed by atoms with Crippen molar-refractivity contribution in [1.82, 2.24) is 14.8 Å². The van der Waals surface area contributed by atoms with Gasteiger partial charge in [-0.1, -0.05) is 36.4 Å². The topological polar surface area (TPSA) is 33.6 Å². The van der Waals surface area contributed by atoms with Crippen molar-refractivity contribution in [2.24, 2.45) is 0 Å². The Morgan fingerprint density at radius 3 is 2.75 bits per heavy atom. The van der Waals surface area contributed by atoms with Crippen molar-refractivity contribution < 1.29 is 0 Å². The SMILES string of the molecule is CC(Cc1ccccc1)n1c(-c2cccs2)n[nH]c1=S. The van der Waals surface area contributed by atoms with Crippen molar-refractivity contribution in [2.45, 2.75) is 19.4 Å². The van der Waals surface area contributed by atoms with Gasteiger partial charge in [0, 0.05) is 6.04 Å². The second kappa shape index (κ2) is 5.73. The smallest absolute Gasteiger partial charge is 0.195 e. The average Bonchev–Trinajstić information content (AvgIpc) is 3.08. The number of benzene rings is 1. The fourth-order valence-corrected chi connectivity index (χ4v) is 3.36. The van der Waals surface area contributed by atoms with E-state index >= 15 is 0 Å². The summed E-state index contributed by atoms with van der Waals surface area (Å²) in [5.74, 6) is 0.924. The first kappa shape index (κ1) is 13.3. The van der Waals surface area contributed by atoms with Crippen LogP contribution in [-0.2, 0) is 6.42 Å². The quantitative estimate of drug-likeness (QED) is 0.721. The zero-order valence-electron chi connectivity index (χ0n) is 11.1. The Morgan fingerprint density at radius 1 is 1.25 bits per heavy atom. The zero-order chi connectivity index (χ0) is 13.9. The van der Waals surface area contributed by atoms with Crippen molar-refractivity contribution in [3.05, 3.63) is 58.2 Å². The Hall–Kier alpha value is -1.72. The van der Waals surface area contributed by atoms with Crippen molar-refractivity contribution in [3.63, 3.8) is 0 Å². The van der Waals surface area contributed by atoms with Crippen LogP contribution in [-0.4, -0.2) is 14.8 Å². The molecule has 0 amide bonds. The van der Waals surface area contributed by atoms with Crippen molar-refractivity contribution in [2.75, 3.05) is 0 Å². The van der Waals surface area contributed by atoms with Crippen LogP contribution in [0.3, 0.4) is 0 Å². The van der Waals surface area contributed by atoms with Gasteiger partial charge in [-0.15, -0.1) is 11.3 Å². The molecule has 0 radical (unpaired) electrons. The third-order valence-electron chi connectivity index (χ3n) is 3.26. The van der Waals surface area contributed by atoms with Gasteiger partial charge in [0.1, 0.15) is 0 Å². The number of nitrogens with zero attached hydrogens (tertiary/aromatic N) is 2. The highest BCUT2D eigenvalue weighted by Crippen LogP contribution is 2.26. The van der Waals surface area contributed by atoms with E-state index in [0.717, 1.165) is 17.1 Å². The average molecular weight is 301 g/mol. The summed E-state index contributed by atoms with van der Waals surface area (Å²) in [6.07, 6.45) is 0.938. The second-order valence-electron chi connectivity index (χ2n) is 4.74. The van der Waals surface area contributed by atoms with Crippen LogP contribution in [0, 0.1) is 4.77 Å². The van der Waals surface area contributed by atoms with Gasteiger partial charge in [-0.25, -0.2) is 0 Å². The molecule has 0 bridgehead atoms. The third kappa shape index (κ3) is 2.59. The first-order valence-corrected chi connectivity index (χ1v) is 7.79. The minimum Gasteiger partial charge on any atom is -0.296 e. The lowest BCUT2D eigenvalue weighted by molar-refractivity contribution is 0.542. The molecule has 3 rings (SSSR count). The number of hydrogen-bond donors (Lipinski definition) is 1. The number of aromatic nitrogens is 3. The van der Waals surface area contributed by atoms with E-state index in [0.29, 0.717) is 4.77 Å². The Morgan fingerprint density at radius 2 is 2.05 bits per heavy atom. The van der Waals surface area contributed by atoms with Crippen molar-refractivity contribution in [1.29, 1.82) is 0 Å². The first-order chi connectivity index (χ1) is 9.75. The number of aromatic amines is 1. The number of hydrogen-bond acceptors (Lipinski definition) is 3. The normalized spacial score (nSPS) is 12.4. The summed E-state index contributed by atoms with van der Waals surface area (Å²) in [6, 6.07) is 14.8. The van der Waals surface area contributed by atoms with Gasteiger partial charge in [0.15, 0.2) is 10.6 Å². The maximum Gasteiger partial charge on any atom is 0.195 e. The van der Waals surface area contributed by atoms with Gasteiger partial charge in [-0.05, 0) is 42.6 Å². The van der Waals surface area contributed by atoms with Crippen molar-refractivity contribution in [3.8, 4) is 10.7 Å². The van der Waals surface area contributed by atoms with Crippen LogP contribution in [0.4, 0.5) is 0 Å². The van der Waals surface area contributed by atoms with Gasteiger partial charge in [-0.2, -0.15) is 5.10 Å². The predicted molar refractivity (Wildman–Crippen MR) is 85.6 cm³/mol. The molecule has 0 aliphatic rings. The van der Waals surface area contributed by atoms with Crippen LogP contribution >= 0.6 is 23.6 Å². The van der Waals surface area contributed by atoms with Crippen LogP contribution in [0.1, 0.15) is 18.5 Å². The Balaban J connectivity index is 1.94. The van der Waals surface area contributed by atoms with Gasteiger partial charge in [0.05, 0.1) is 4.88 Å². The van der Waals surface area contributed by atoms with Gasteiger partial charge in [0.25, 0.3) is 0 Å². The molecule has 0 saturated carbocycles. The first-order valence-electron chi connectivity index (χ1n) is 6.50. The molecule has 20 heavy (non-hydrogen) atoms. The van der Waals surface area contributed by atoms with Crippen LogP contribution in [0.2, 0.25) is 0 Å². The summed E-state index contributed by atoms with van der Waals surface area (Å²) in [5, 5.41) is 9.35. The van der Waals surface area contributed by atoms with Crippen LogP contribution in [0.5, 0.6) is 0 Å². The van der Waals surface area contributed by atoms with E-state index in [4.69, 9.17) is 12.2 Å². The van der Waals surface area contributed by atoms with E-state index < -0.39 is 0 Å². The highest BCUT2D eigenvalue weighted by molar-refractivity contribution is 7.71. The molecule has 3 aromatic rings. The highest BCUT2D eigenvalue weighted by Gasteiger charge is 2.15. The number of rotatable bonds is 4. The van der Waals surface area contributed by atoms with Gasteiger partial charge in [0.2, 0.25) is 0 Å². The van der Waals surface area contributed by atoms with Crippen molar-refractivity contribution >= 4 is 23.6 Å². The predicted octanol–water partition coefficient (Wildman–Crippen LogP) is 4.47. The monoisotopic (exact) mass is 301 g/mol. The van der Waals surface area contributed by atoms with E-state index in [-0.39, 0.29) is 6.04 Å². The van der Waals surface area contributed by atoms with E-state index in [1.54, 1.807) is 11.3 Å². The molecule has 0 aliphatic carbocycles. The zero-order valence-corrected chi connectivity index (χ0v) is 12.7. The molecule has 2 heterocycles. The molecule has 1 N–H and O–H groups in total. The molecule has 1 atom stereocenters. The molecule has 0 saturated heterocycles. The fourth-order valence-electron chi connectivity index (χ4n) is 2.34. The van der Waals surface area contributed by atoms with E-state index in [1.165, 1.54) is 5.56 Å². The molecule has 0 aliphatic heterocycles. The van der Waals surface area contributed by atoms with Crippen LogP contribution in [0.15, 0.2) is 47.8 Å². The Bertz CT molecular complexity index is 726. The summed E-state index contributed by atoms with van der Waals surface area (Å²) >= 11 is 7.07. The van der Waals surface area contributed by atoms with Gasteiger partial charge >= 0.3 is 0 Å². The standard InChI is InChI=1S/C15H15N3S2/c1-11(10-12-6-3-2-4-7-12)18-14(16-17-15(18)19)13-8-5-9-20-13/h2-9,11H,10H2,1H3,(H,17,19). The van der Waals surface area contributed by atoms with Crippen LogP contribution in [0.25, 0.3) is 10.7 Å². The summed E-state index contributed by atoms with van der Waals surface area (Å²) in [4.78, 5) is 1.14. The fraction of sp³-hybridized carbons (Fsp3) is 0.200. The Labute approximate surface area is 126 Å². The van der Waals surface area contributed by atoms with Gasteiger partial charge in [-0.3, -0.25) is 9.67 Å². The van der Waals surface area contributed by atoms with E-state index in [1.807, 2.05) is 12.1 Å². The largest absolute Gasteiger partial charge is 0.296 e. The molecular formula is C15H15N3S2. The molecule has 102 valence electrons. The number of nitrogens with one attached hydrogen (secondary N) is 1. The molecule has 3 nitrogen and oxygen atoms in total. The summed E-state index contributed by atoms with van der Waals surface area (Å²) in [6.45, 7) is 2.18. The summed E-state index contributed by atoms with van der Waals surface area (Å²) in [7, 11) is 0. The molecule has 1 unspecified atom stereocenters. The van der Waals surface area contributed by atoms with E-state index in [9.17, 15) is 0 Å². The highest BCUT2D eigenvalue weighted by atomic mass is 32.1. The van der Waals surface area contributed by atoms with Gasteiger partial charge < -0.3 is 0 Å². The molecule has 5 heteroatoms. The Kier molecular flexibility index (Phi) is 3.80. The molecular weight excluding hydrogens is 286 g/mol. The third-order valence-corrected chi connectivity index (χ3v) is 4.41. The number of H-pyrrole nitrogens is 1. The van der Waals surface area contributed by atoms with E-state index in [2.05, 4.69) is 57.4 Å². The lowest BCUT2D eigenvalue weighted by Crippen LogP contribution is -2.09. The lowest BCUT2D eigenvalue weighted by Gasteiger charge is -2.15. The molecule has 1 aromatic carbocycles. The number of thiophene rings is 1. The molecule has 2 aromatic heterocycles. The second-order valence-corrected chi connectivity index (χ2v) is 6.07. The van der Waals surface area contributed by atoms with Crippen LogP contribution < -0.4 is 0 Å². The molecule has 0 fully saturated rings.